The third-order valence-electron chi connectivity index (χ3n) is 3.02. The van der Waals surface area contributed by atoms with Gasteiger partial charge in [0, 0.05) is 16.6 Å². The van der Waals surface area contributed by atoms with E-state index in [2.05, 4.69) is 0 Å². The van der Waals surface area contributed by atoms with Crippen LogP contribution in [0.3, 0.4) is 0 Å². The van der Waals surface area contributed by atoms with Crippen molar-refractivity contribution in [1.29, 1.82) is 0 Å². The molecule has 0 radical (unpaired) electrons. The second-order valence-corrected chi connectivity index (χ2v) is 4.47. The minimum absolute atomic E-state index is 0.141. The van der Waals surface area contributed by atoms with Crippen LogP contribution in [0.25, 0.3) is 0 Å². The van der Waals surface area contributed by atoms with Crippen LogP contribution in [0, 0.1) is 11.6 Å². The van der Waals surface area contributed by atoms with E-state index in [1.54, 1.807) is 0 Å². The predicted molar refractivity (Wildman–Crippen MR) is 55.9 cm³/mol. The number of hydrogen-bond donors (Lipinski definition) is 1. The maximum absolute atomic E-state index is 13.6. The highest BCUT2D eigenvalue weighted by molar-refractivity contribution is 6.31. The van der Waals surface area contributed by atoms with Crippen molar-refractivity contribution in [3.05, 3.63) is 33.9 Å². The second-order valence-electron chi connectivity index (χ2n) is 4.07. The average molecular weight is 232 g/mol. The first-order valence-corrected chi connectivity index (χ1v) is 5.33. The lowest BCUT2D eigenvalue weighted by Gasteiger charge is -2.28. The molecule has 2 rings (SSSR count). The van der Waals surface area contributed by atoms with Gasteiger partial charge < -0.3 is 5.73 Å². The third-order valence-corrected chi connectivity index (χ3v) is 3.33. The summed E-state index contributed by atoms with van der Waals surface area (Å²) in [6.07, 6.45) is 1.53. The molecule has 0 spiro atoms. The van der Waals surface area contributed by atoms with E-state index in [-0.39, 0.29) is 16.5 Å². The molecular formula is C11H12ClF2N. The molecule has 15 heavy (non-hydrogen) atoms. The van der Waals surface area contributed by atoms with Gasteiger partial charge in [-0.1, -0.05) is 18.5 Å². The summed E-state index contributed by atoms with van der Waals surface area (Å²) in [6.45, 7) is 1.95. The molecule has 0 aliphatic heterocycles. The molecule has 0 bridgehead atoms. The lowest BCUT2D eigenvalue weighted by Crippen LogP contribution is -2.22. The molecule has 4 heteroatoms. The quantitative estimate of drug-likeness (QED) is 0.680. The Balaban J connectivity index is 2.71. The van der Waals surface area contributed by atoms with Crippen LogP contribution in [-0.4, -0.2) is 0 Å². The Labute approximate surface area is 92.2 Å². The van der Waals surface area contributed by atoms with Gasteiger partial charge in [-0.25, -0.2) is 8.78 Å². The van der Waals surface area contributed by atoms with Gasteiger partial charge >= 0.3 is 0 Å². The first-order valence-electron chi connectivity index (χ1n) is 4.95. The molecule has 0 aromatic heterocycles. The topological polar surface area (TPSA) is 26.0 Å². The van der Waals surface area contributed by atoms with Crippen molar-refractivity contribution in [3.8, 4) is 0 Å². The van der Waals surface area contributed by atoms with Crippen molar-refractivity contribution in [1.82, 2.24) is 0 Å². The Bertz CT molecular complexity index is 406. The van der Waals surface area contributed by atoms with Crippen molar-refractivity contribution in [2.75, 3.05) is 0 Å². The minimum atomic E-state index is -0.914. The molecule has 0 saturated carbocycles. The Hall–Kier alpha value is -0.670. The van der Waals surface area contributed by atoms with Crippen LogP contribution in [-0.2, 0) is 0 Å². The minimum Gasteiger partial charge on any atom is -0.324 e. The predicted octanol–water partition coefficient (Wildman–Crippen LogP) is 3.52. The number of halogens is 3. The zero-order chi connectivity index (χ0) is 11.2. The zero-order valence-electron chi connectivity index (χ0n) is 8.36. The number of benzene rings is 1. The summed E-state index contributed by atoms with van der Waals surface area (Å²) in [4.78, 5) is 0. The molecule has 0 saturated heterocycles. The Morgan fingerprint density at radius 3 is 2.67 bits per heavy atom. The van der Waals surface area contributed by atoms with E-state index in [1.165, 1.54) is 0 Å². The smallest absolute Gasteiger partial charge is 0.163 e. The standard InChI is InChI=1S/C11H12ClF2N/c1-5-2-3-8(15)10-9(5)6(12)4-7(13)11(10)14/h4-5,8H,2-3,15H2,1H3. The first kappa shape index (κ1) is 10.8. The summed E-state index contributed by atoms with van der Waals surface area (Å²) in [5.41, 5.74) is 6.72. The monoisotopic (exact) mass is 231 g/mol. The van der Waals surface area contributed by atoms with E-state index < -0.39 is 17.7 Å². The van der Waals surface area contributed by atoms with E-state index in [0.717, 1.165) is 12.5 Å². The highest BCUT2D eigenvalue weighted by atomic mass is 35.5. The van der Waals surface area contributed by atoms with Gasteiger partial charge in [0.05, 0.1) is 0 Å². The maximum Gasteiger partial charge on any atom is 0.163 e. The van der Waals surface area contributed by atoms with Crippen LogP contribution in [0.5, 0.6) is 0 Å². The number of rotatable bonds is 0. The van der Waals surface area contributed by atoms with Crippen LogP contribution >= 0.6 is 11.6 Å². The Kier molecular flexibility index (Phi) is 2.69. The van der Waals surface area contributed by atoms with Crippen molar-refractivity contribution in [2.24, 2.45) is 5.73 Å². The normalized spacial score (nSPS) is 25.1. The molecule has 1 aliphatic rings. The fourth-order valence-corrected chi connectivity index (χ4v) is 2.59. The van der Waals surface area contributed by atoms with E-state index in [4.69, 9.17) is 17.3 Å². The zero-order valence-corrected chi connectivity index (χ0v) is 9.11. The average Bonchev–Trinajstić information content (AvgIpc) is 2.18. The summed E-state index contributed by atoms with van der Waals surface area (Å²) in [5, 5.41) is 0.284. The van der Waals surface area contributed by atoms with Crippen molar-refractivity contribution >= 4 is 11.6 Å². The molecule has 82 valence electrons. The van der Waals surface area contributed by atoms with Crippen LogP contribution < -0.4 is 5.73 Å². The van der Waals surface area contributed by atoms with Crippen LogP contribution in [0.1, 0.15) is 42.9 Å². The van der Waals surface area contributed by atoms with Crippen molar-refractivity contribution in [3.63, 3.8) is 0 Å². The van der Waals surface area contributed by atoms with E-state index in [1.807, 2.05) is 6.92 Å². The van der Waals surface area contributed by atoms with E-state index >= 15 is 0 Å². The van der Waals surface area contributed by atoms with Crippen LogP contribution in [0.15, 0.2) is 6.07 Å². The summed E-state index contributed by atoms with van der Waals surface area (Å²) in [7, 11) is 0. The van der Waals surface area contributed by atoms with E-state index in [9.17, 15) is 8.78 Å². The molecule has 1 aromatic rings. The van der Waals surface area contributed by atoms with Gasteiger partial charge in [0.2, 0.25) is 0 Å². The molecule has 0 heterocycles. The number of hydrogen-bond acceptors (Lipinski definition) is 1. The lowest BCUT2D eigenvalue weighted by molar-refractivity contribution is 0.447. The molecular weight excluding hydrogens is 220 g/mol. The summed E-state index contributed by atoms with van der Waals surface area (Å²) in [5.74, 6) is -1.61. The summed E-state index contributed by atoms with van der Waals surface area (Å²) in [6, 6.07) is 0.592. The summed E-state index contributed by atoms with van der Waals surface area (Å²) < 4.78 is 26.7. The number of fused-ring (bicyclic) bond motifs is 1. The number of nitrogens with two attached hydrogens (primary N) is 1. The van der Waals surface area contributed by atoms with Gasteiger partial charge in [0.1, 0.15) is 0 Å². The second kappa shape index (κ2) is 3.72. The van der Waals surface area contributed by atoms with E-state index in [0.29, 0.717) is 12.0 Å². The van der Waals surface area contributed by atoms with Crippen LogP contribution in [0.4, 0.5) is 8.78 Å². The van der Waals surface area contributed by atoms with Gasteiger partial charge in [-0.05, 0) is 30.4 Å². The Morgan fingerprint density at radius 1 is 1.33 bits per heavy atom. The molecule has 0 fully saturated rings. The maximum atomic E-state index is 13.6. The highest BCUT2D eigenvalue weighted by Gasteiger charge is 2.29. The van der Waals surface area contributed by atoms with Gasteiger partial charge in [0.25, 0.3) is 0 Å². The SMILES string of the molecule is CC1CCC(N)c2c(F)c(F)cc(Cl)c21. The Morgan fingerprint density at radius 2 is 2.00 bits per heavy atom. The van der Waals surface area contributed by atoms with Gasteiger partial charge in [0.15, 0.2) is 11.6 Å². The molecule has 1 aromatic carbocycles. The van der Waals surface area contributed by atoms with Crippen molar-refractivity contribution < 1.29 is 8.78 Å². The van der Waals surface area contributed by atoms with Crippen LogP contribution in [0.2, 0.25) is 5.02 Å². The summed E-state index contributed by atoms with van der Waals surface area (Å²) >= 11 is 5.92. The molecule has 2 atom stereocenters. The fraction of sp³-hybridized carbons (Fsp3) is 0.455. The lowest BCUT2D eigenvalue weighted by atomic mass is 9.81. The largest absolute Gasteiger partial charge is 0.324 e. The molecule has 1 aliphatic carbocycles. The molecule has 1 nitrogen and oxygen atoms in total. The van der Waals surface area contributed by atoms with Gasteiger partial charge in [-0.3, -0.25) is 0 Å². The van der Waals surface area contributed by atoms with Gasteiger partial charge in [-0.15, -0.1) is 0 Å². The highest BCUT2D eigenvalue weighted by Crippen LogP contribution is 2.41. The molecule has 0 amide bonds. The first-order chi connectivity index (χ1) is 7.02. The molecule has 2 unspecified atom stereocenters. The van der Waals surface area contributed by atoms with Crippen molar-refractivity contribution in [2.45, 2.75) is 31.7 Å². The third kappa shape index (κ3) is 1.64. The fourth-order valence-electron chi connectivity index (χ4n) is 2.21. The van der Waals surface area contributed by atoms with Gasteiger partial charge in [-0.2, -0.15) is 0 Å². The molecule has 2 N–H and O–H groups in total.